The molecule has 1 rings (SSSR count). The Hall–Kier alpha value is -1.10. The van der Waals surface area contributed by atoms with Gasteiger partial charge in [0.1, 0.15) is 6.54 Å². The molecule has 1 unspecified atom stereocenters. The van der Waals surface area contributed by atoms with E-state index in [0.717, 1.165) is 19.4 Å². The van der Waals surface area contributed by atoms with Crippen LogP contribution >= 0.6 is 0 Å². The zero-order valence-corrected chi connectivity index (χ0v) is 9.03. The lowest BCUT2D eigenvalue weighted by atomic mass is 10.1. The Labute approximate surface area is 89.4 Å². The molecule has 0 saturated carbocycles. The van der Waals surface area contributed by atoms with Gasteiger partial charge in [0.15, 0.2) is 0 Å². The molecule has 0 aliphatic carbocycles. The minimum absolute atomic E-state index is 0.0238. The maximum atomic E-state index is 11.9. The Balaban J connectivity index is 2.52. The Morgan fingerprint density at radius 2 is 2.27 bits per heavy atom. The van der Waals surface area contributed by atoms with E-state index < -0.39 is 5.97 Å². The number of rotatable bonds is 5. The summed E-state index contributed by atoms with van der Waals surface area (Å²) in [4.78, 5) is 23.9. The fraction of sp³-hybridized carbons (Fsp3) is 0.800. The lowest BCUT2D eigenvalue weighted by Crippen LogP contribution is -2.40. The van der Waals surface area contributed by atoms with Crippen LogP contribution in [0.2, 0.25) is 0 Å². The van der Waals surface area contributed by atoms with E-state index in [1.54, 1.807) is 0 Å². The molecule has 0 aromatic heterocycles. The van der Waals surface area contributed by atoms with Gasteiger partial charge in [0, 0.05) is 13.1 Å². The molecule has 0 aromatic carbocycles. The monoisotopic (exact) mass is 214 g/mol. The second-order valence-corrected chi connectivity index (χ2v) is 3.84. The van der Waals surface area contributed by atoms with Crippen LogP contribution in [0.1, 0.15) is 19.8 Å². The van der Waals surface area contributed by atoms with Crippen molar-refractivity contribution in [1.29, 1.82) is 0 Å². The molecule has 1 heterocycles. The Kier molecular flexibility index (Phi) is 4.55. The zero-order chi connectivity index (χ0) is 11.3. The average molecular weight is 214 g/mol. The molecule has 0 bridgehead atoms. The van der Waals surface area contributed by atoms with Gasteiger partial charge in [-0.05, 0) is 19.4 Å². The van der Waals surface area contributed by atoms with Crippen LogP contribution in [0.4, 0.5) is 0 Å². The summed E-state index contributed by atoms with van der Waals surface area (Å²) in [5.74, 6) is -0.997. The topological polar surface area (TPSA) is 69.6 Å². The van der Waals surface area contributed by atoms with E-state index in [-0.39, 0.29) is 18.4 Å². The predicted molar refractivity (Wildman–Crippen MR) is 55.5 cm³/mol. The molecule has 2 N–H and O–H groups in total. The summed E-state index contributed by atoms with van der Waals surface area (Å²) >= 11 is 0. The molecule has 5 nitrogen and oxygen atoms in total. The molecule has 0 spiro atoms. The summed E-state index contributed by atoms with van der Waals surface area (Å²) < 4.78 is 0. The van der Waals surface area contributed by atoms with Gasteiger partial charge in [0.25, 0.3) is 0 Å². The number of nitrogens with one attached hydrogen (secondary N) is 1. The van der Waals surface area contributed by atoms with E-state index in [1.807, 2.05) is 6.92 Å². The van der Waals surface area contributed by atoms with Crippen molar-refractivity contribution in [2.75, 3.05) is 26.2 Å². The fourth-order valence-corrected chi connectivity index (χ4v) is 1.82. The lowest BCUT2D eigenvalue weighted by molar-refractivity contribution is -0.146. The highest BCUT2D eigenvalue weighted by atomic mass is 16.4. The van der Waals surface area contributed by atoms with Crippen LogP contribution in [0.5, 0.6) is 0 Å². The van der Waals surface area contributed by atoms with Crippen molar-refractivity contribution >= 4 is 11.9 Å². The lowest BCUT2D eigenvalue weighted by Gasteiger charge is -2.22. The van der Waals surface area contributed by atoms with Crippen LogP contribution in [-0.2, 0) is 9.59 Å². The van der Waals surface area contributed by atoms with Crippen LogP contribution in [0, 0.1) is 5.92 Å². The predicted octanol–water partition coefficient (Wildman–Crippen LogP) is -0.0809. The highest BCUT2D eigenvalue weighted by Crippen LogP contribution is 2.11. The second kappa shape index (κ2) is 5.70. The highest BCUT2D eigenvalue weighted by Gasteiger charge is 2.27. The number of amides is 1. The number of carbonyl (C=O) groups is 2. The van der Waals surface area contributed by atoms with E-state index in [9.17, 15) is 9.59 Å². The van der Waals surface area contributed by atoms with Crippen LogP contribution < -0.4 is 5.32 Å². The van der Waals surface area contributed by atoms with Gasteiger partial charge in [-0.1, -0.05) is 6.92 Å². The van der Waals surface area contributed by atoms with E-state index in [1.165, 1.54) is 4.90 Å². The van der Waals surface area contributed by atoms with Gasteiger partial charge in [0.05, 0.1) is 5.92 Å². The minimum Gasteiger partial charge on any atom is -0.480 e. The first-order valence-corrected chi connectivity index (χ1v) is 5.36. The van der Waals surface area contributed by atoms with Crippen molar-refractivity contribution in [2.24, 2.45) is 5.92 Å². The summed E-state index contributed by atoms with van der Waals surface area (Å²) in [6.07, 6.45) is 1.61. The van der Waals surface area contributed by atoms with Gasteiger partial charge in [-0.3, -0.25) is 9.59 Å². The first-order chi connectivity index (χ1) is 7.15. The minimum atomic E-state index is -0.942. The zero-order valence-electron chi connectivity index (χ0n) is 9.03. The number of aliphatic carboxylic acids is 1. The van der Waals surface area contributed by atoms with E-state index >= 15 is 0 Å². The molecule has 0 aromatic rings. The third kappa shape index (κ3) is 3.51. The summed E-state index contributed by atoms with van der Waals surface area (Å²) in [5, 5.41) is 11.8. The van der Waals surface area contributed by atoms with Crippen molar-refractivity contribution < 1.29 is 14.7 Å². The van der Waals surface area contributed by atoms with Crippen molar-refractivity contribution in [3.8, 4) is 0 Å². The van der Waals surface area contributed by atoms with Gasteiger partial charge in [-0.25, -0.2) is 0 Å². The molecule has 5 heteroatoms. The van der Waals surface area contributed by atoms with Crippen molar-refractivity contribution in [1.82, 2.24) is 10.2 Å². The fourth-order valence-electron chi connectivity index (χ4n) is 1.82. The maximum absolute atomic E-state index is 11.9. The molecule has 15 heavy (non-hydrogen) atoms. The van der Waals surface area contributed by atoms with Gasteiger partial charge in [-0.15, -0.1) is 0 Å². The smallest absolute Gasteiger partial charge is 0.323 e. The van der Waals surface area contributed by atoms with Crippen molar-refractivity contribution in [3.63, 3.8) is 0 Å². The van der Waals surface area contributed by atoms with E-state index in [0.29, 0.717) is 13.1 Å². The summed E-state index contributed by atoms with van der Waals surface area (Å²) in [5.41, 5.74) is 0. The molecule has 1 atom stereocenters. The van der Waals surface area contributed by atoms with E-state index in [4.69, 9.17) is 5.11 Å². The number of carboxylic acid groups (broad SMARTS) is 1. The molecule has 1 fully saturated rings. The Morgan fingerprint density at radius 1 is 1.53 bits per heavy atom. The maximum Gasteiger partial charge on any atom is 0.323 e. The number of hydrogen-bond donors (Lipinski definition) is 2. The molecular formula is C10H18N2O3. The second-order valence-electron chi connectivity index (χ2n) is 3.84. The third-order valence-electron chi connectivity index (χ3n) is 2.54. The number of hydrogen-bond acceptors (Lipinski definition) is 3. The van der Waals surface area contributed by atoms with Crippen molar-refractivity contribution in [2.45, 2.75) is 19.8 Å². The van der Waals surface area contributed by atoms with E-state index in [2.05, 4.69) is 5.32 Å². The number of nitrogens with zero attached hydrogens (tertiary/aromatic N) is 1. The quantitative estimate of drug-likeness (QED) is 0.671. The van der Waals surface area contributed by atoms with Crippen molar-refractivity contribution in [3.05, 3.63) is 0 Å². The largest absolute Gasteiger partial charge is 0.480 e. The van der Waals surface area contributed by atoms with Gasteiger partial charge in [-0.2, -0.15) is 0 Å². The molecular weight excluding hydrogens is 196 g/mol. The molecule has 0 radical (unpaired) electrons. The SMILES string of the molecule is CCCN(CC(=O)O)C(=O)C1CCNC1. The molecule has 1 saturated heterocycles. The Bertz CT molecular complexity index is 237. The number of carbonyl (C=O) groups excluding carboxylic acids is 1. The van der Waals surface area contributed by atoms with Gasteiger partial charge in [0.2, 0.25) is 5.91 Å². The first-order valence-electron chi connectivity index (χ1n) is 5.36. The number of carboxylic acids is 1. The third-order valence-corrected chi connectivity index (χ3v) is 2.54. The highest BCUT2D eigenvalue weighted by molar-refractivity contribution is 5.83. The standard InChI is InChI=1S/C10H18N2O3/c1-2-5-12(7-9(13)14)10(15)8-3-4-11-6-8/h8,11H,2-7H2,1H3,(H,13,14). The molecule has 1 aliphatic rings. The summed E-state index contributed by atoms with van der Waals surface area (Å²) in [6.45, 7) is 3.82. The summed E-state index contributed by atoms with van der Waals surface area (Å²) in [6, 6.07) is 0. The van der Waals surface area contributed by atoms with Crippen LogP contribution in [0.15, 0.2) is 0 Å². The van der Waals surface area contributed by atoms with Gasteiger partial charge >= 0.3 is 5.97 Å². The first kappa shape index (κ1) is 12.0. The Morgan fingerprint density at radius 3 is 2.73 bits per heavy atom. The average Bonchev–Trinajstić information content (AvgIpc) is 2.68. The van der Waals surface area contributed by atoms with Crippen LogP contribution in [0.3, 0.4) is 0 Å². The molecule has 86 valence electrons. The van der Waals surface area contributed by atoms with Crippen LogP contribution in [0.25, 0.3) is 0 Å². The molecule has 1 aliphatic heterocycles. The van der Waals surface area contributed by atoms with Gasteiger partial charge < -0.3 is 15.3 Å². The normalized spacial score (nSPS) is 20.2. The molecule has 1 amide bonds. The van der Waals surface area contributed by atoms with Crippen LogP contribution in [-0.4, -0.2) is 48.1 Å². The summed E-state index contributed by atoms with van der Waals surface area (Å²) in [7, 11) is 0.